The van der Waals surface area contributed by atoms with Crippen molar-refractivity contribution in [1.29, 1.82) is 0 Å². The lowest BCUT2D eigenvalue weighted by atomic mass is 10.00. The van der Waals surface area contributed by atoms with Gasteiger partial charge in [0.25, 0.3) is 0 Å². The molecule has 3 nitrogen and oxygen atoms in total. The van der Waals surface area contributed by atoms with Crippen molar-refractivity contribution in [3.8, 4) is 16.8 Å². The normalized spacial score (nSPS) is 12.0. The van der Waals surface area contributed by atoms with Crippen LogP contribution < -0.4 is 4.90 Å². The largest absolute Gasteiger partial charge is 0.309 e. The van der Waals surface area contributed by atoms with E-state index in [1.807, 2.05) is 0 Å². The standard InChI is InChI=1S/C52H33N3/c1-3-16-34(17-4-1)36-20-7-9-27-43(36)53(35-18-5-2-6-19-35)44-29-12-23-38-37(44)22-13-30-45(38)54-47-31-14-24-40-42-26-11-25-41-39-21-8-10-28-46(39)55(52(41)42)49-33-15-32-48(54)51(49)50(40)47/h1-33H. The average Bonchev–Trinajstić information content (AvgIpc) is 3.73. The number of benzene rings is 9. The fourth-order valence-electron chi connectivity index (χ4n) is 9.43. The highest BCUT2D eigenvalue weighted by Gasteiger charge is 2.24. The second kappa shape index (κ2) is 11.6. The van der Waals surface area contributed by atoms with Gasteiger partial charge >= 0.3 is 0 Å². The summed E-state index contributed by atoms with van der Waals surface area (Å²) in [5, 5.41) is 10.1. The molecule has 3 heterocycles. The minimum Gasteiger partial charge on any atom is -0.309 e. The molecule has 0 N–H and O–H groups in total. The number of para-hydroxylation sites is 4. The van der Waals surface area contributed by atoms with Gasteiger partial charge in [0.1, 0.15) is 0 Å². The number of fused-ring (bicyclic) bond motifs is 6. The molecule has 3 heteroatoms. The molecule has 0 saturated carbocycles. The Morgan fingerprint density at radius 3 is 1.75 bits per heavy atom. The zero-order chi connectivity index (χ0) is 36.0. The van der Waals surface area contributed by atoms with Crippen molar-refractivity contribution < 1.29 is 0 Å². The molecular weight excluding hydrogens is 667 g/mol. The van der Waals surface area contributed by atoms with E-state index in [1.165, 1.54) is 81.8 Å². The van der Waals surface area contributed by atoms with Crippen molar-refractivity contribution in [2.24, 2.45) is 0 Å². The minimum atomic E-state index is 1.11. The van der Waals surface area contributed by atoms with Crippen LogP contribution in [0, 0.1) is 0 Å². The van der Waals surface area contributed by atoms with E-state index in [0.717, 1.165) is 22.7 Å². The first-order valence-corrected chi connectivity index (χ1v) is 19.0. The predicted octanol–water partition coefficient (Wildman–Crippen LogP) is 14.2. The number of nitrogens with zero attached hydrogens (tertiary/aromatic N) is 3. The predicted molar refractivity (Wildman–Crippen MR) is 233 cm³/mol. The zero-order valence-electron chi connectivity index (χ0n) is 29.9. The molecule has 12 aromatic rings. The van der Waals surface area contributed by atoms with E-state index in [-0.39, 0.29) is 0 Å². The van der Waals surface area contributed by atoms with Crippen LogP contribution in [0.25, 0.3) is 87.5 Å². The molecule has 12 rings (SSSR count). The molecule has 0 fully saturated rings. The first kappa shape index (κ1) is 30.1. The Morgan fingerprint density at radius 2 is 0.873 bits per heavy atom. The van der Waals surface area contributed by atoms with Gasteiger partial charge in [-0.15, -0.1) is 0 Å². The highest BCUT2D eigenvalue weighted by atomic mass is 15.1. The first-order valence-electron chi connectivity index (χ1n) is 19.0. The van der Waals surface area contributed by atoms with E-state index in [1.54, 1.807) is 0 Å². The van der Waals surface area contributed by atoms with Crippen LogP contribution in [-0.4, -0.2) is 8.97 Å². The summed E-state index contributed by atoms with van der Waals surface area (Å²) in [4.78, 5) is 2.42. The van der Waals surface area contributed by atoms with Gasteiger partial charge in [-0.1, -0.05) is 146 Å². The summed E-state index contributed by atoms with van der Waals surface area (Å²) in [6.45, 7) is 0. The van der Waals surface area contributed by atoms with Crippen LogP contribution in [0.2, 0.25) is 0 Å². The van der Waals surface area contributed by atoms with E-state index in [4.69, 9.17) is 0 Å². The summed E-state index contributed by atoms with van der Waals surface area (Å²) in [7, 11) is 0. The van der Waals surface area contributed by atoms with Gasteiger partial charge in [0.15, 0.2) is 0 Å². The maximum atomic E-state index is 2.51. The fraction of sp³-hybridized carbons (Fsp3) is 0. The van der Waals surface area contributed by atoms with Crippen LogP contribution in [0.4, 0.5) is 17.1 Å². The Hall–Kier alpha value is -7.36. The average molecular weight is 700 g/mol. The Labute approximate surface area is 317 Å². The van der Waals surface area contributed by atoms with Gasteiger partial charge in [0.2, 0.25) is 0 Å². The van der Waals surface area contributed by atoms with Crippen LogP contribution in [0.1, 0.15) is 0 Å². The zero-order valence-corrected chi connectivity index (χ0v) is 29.9. The van der Waals surface area contributed by atoms with Crippen molar-refractivity contribution >= 4 is 87.7 Å². The smallest absolute Gasteiger partial charge is 0.0619 e. The Morgan fingerprint density at radius 1 is 0.327 bits per heavy atom. The van der Waals surface area contributed by atoms with Crippen molar-refractivity contribution in [2.75, 3.05) is 4.90 Å². The summed E-state index contributed by atoms with van der Waals surface area (Å²) in [5.41, 5.74) is 13.0. The van der Waals surface area contributed by atoms with E-state index in [0.29, 0.717) is 0 Å². The molecule has 0 spiro atoms. The topological polar surface area (TPSA) is 12.6 Å². The van der Waals surface area contributed by atoms with Crippen molar-refractivity contribution in [2.45, 2.75) is 0 Å². The molecule has 0 aliphatic carbocycles. The van der Waals surface area contributed by atoms with E-state index in [9.17, 15) is 0 Å². The monoisotopic (exact) mass is 699 g/mol. The number of hydrogen-bond acceptors (Lipinski definition) is 1. The molecule has 0 amide bonds. The van der Waals surface area contributed by atoms with Crippen molar-refractivity contribution in [3.05, 3.63) is 200 Å². The molecule has 0 radical (unpaired) electrons. The van der Waals surface area contributed by atoms with Gasteiger partial charge in [-0.05, 0) is 65.5 Å². The highest BCUT2D eigenvalue weighted by molar-refractivity contribution is 6.31. The maximum Gasteiger partial charge on any atom is 0.0619 e. The number of rotatable bonds is 5. The molecule has 55 heavy (non-hydrogen) atoms. The van der Waals surface area contributed by atoms with Gasteiger partial charge in [-0.2, -0.15) is 0 Å². The molecule has 3 aromatic heterocycles. The van der Waals surface area contributed by atoms with Crippen LogP contribution in [0.15, 0.2) is 200 Å². The Bertz CT molecular complexity index is 3430. The van der Waals surface area contributed by atoms with Crippen molar-refractivity contribution in [3.63, 3.8) is 0 Å². The summed E-state index contributed by atoms with van der Waals surface area (Å²) in [6.07, 6.45) is 0. The third-order valence-electron chi connectivity index (χ3n) is 11.6. The lowest BCUT2D eigenvalue weighted by Crippen LogP contribution is -2.12. The lowest BCUT2D eigenvalue weighted by Gasteiger charge is -2.29. The summed E-state index contributed by atoms with van der Waals surface area (Å²) >= 11 is 0. The van der Waals surface area contributed by atoms with Gasteiger partial charge in [-0.25, -0.2) is 0 Å². The van der Waals surface area contributed by atoms with E-state index in [2.05, 4.69) is 214 Å². The molecule has 0 unspecified atom stereocenters. The third-order valence-corrected chi connectivity index (χ3v) is 11.6. The minimum absolute atomic E-state index is 1.11. The summed E-state index contributed by atoms with van der Waals surface area (Å²) < 4.78 is 5.01. The molecule has 0 aliphatic heterocycles. The Balaban J connectivity index is 1.18. The second-order valence-electron chi connectivity index (χ2n) is 14.5. The number of hydrogen-bond donors (Lipinski definition) is 0. The van der Waals surface area contributed by atoms with Gasteiger partial charge in [-0.3, -0.25) is 0 Å². The van der Waals surface area contributed by atoms with Crippen molar-refractivity contribution in [1.82, 2.24) is 8.97 Å². The van der Waals surface area contributed by atoms with Crippen LogP contribution >= 0.6 is 0 Å². The second-order valence-corrected chi connectivity index (χ2v) is 14.5. The van der Waals surface area contributed by atoms with Gasteiger partial charge < -0.3 is 13.9 Å². The maximum absolute atomic E-state index is 2.51. The lowest BCUT2D eigenvalue weighted by molar-refractivity contribution is 1.20. The molecule has 0 aliphatic rings. The molecule has 0 saturated heterocycles. The van der Waals surface area contributed by atoms with E-state index < -0.39 is 0 Å². The van der Waals surface area contributed by atoms with Crippen LogP contribution in [0.5, 0.6) is 0 Å². The number of anilines is 3. The molecular formula is C52H33N3. The third kappa shape index (κ3) is 4.21. The van der Waals surface area contributed by atoms with E-state index >= 15 is 0 Å². The number of aromatic nitrogens is 2. The molecule has 0 bridgehead atoms. The summed E-state index contributed by atoms with van der Waals surface area (Å²) in [6, 6.07) is 73.1. The van der Waals surface area contributed by atoms with Gasteiger partial charge in [0, 0.05) is 49.0 Å². The summed E-state index contributed by atoms with van der Waals surface area (Å²) in [5.74, 6) is 0. The quantitative estimate of drug-likeness (QED) is 0.174. The molecule has 9 aromatic carbocycles. The molecule has 256 valence electrons. The highest BCUT2D eigenvalue weighted by Crippen LogP contribution is 2.47. The Kier molecular flexibility index (Phi) is 6.34. The van der Waals surface area contributed by atoms with Gasteiger partial charge in [0.05, 0.1) is 44.6 Å². The first-order chi connectivity index (χ1) is 27.3. The SMILES string of the molecule is c1ccc(-c2ccccc2N(c2ccccc2)c2cccc3c(-n4c5cccc6c7cccc8c9ccccc9n(c9cccc4c9c65)c78)cccc23)cc1. The van der Waals surface area contributed by atoms with Crippen LogP contribution in [0.3, 0.4) is 0 Å². The fourth-order valence-corrected chi connectivity index (χ4v) is 9.43. The van der Waals surface area contributed by atoms with Crippen LogP contribution in [-0.2, 0) is 0 Å². The molecule has 0 atom stereocenters.